The SMILES string of the molecule is O=C1C(O)=CC(O)(c2ccccc2)N1c1ccccc1. The molecule has 1 atom stereocenters. The first-order chi connectivity index (χ1) is 9.63. The molecular weight excluding hydrogens is 254 g/mol. The second-order valence-corrected chi connectivity index (χ2v) is 4.60. The largest absolute Gasteiger partial charge is 0.503 e. The number of aliphatic hydroxyl groups is 2. The predicted molar refractivity (Wildman–Crippen MR) is 75.0 cm³/mol. The quantitative estimate of drug-likeness (QED) is 0.877. The molecule has 1 amide bonds. The van der Waals surface area contributed by atoms with E-state index >= 15 is 0 Å². The fourth-order valence-electron chi connectivity index (χ4n) is 2.37. The Bertz CT molecular complexity index is 667. The molecule has 1 unspecified atom stereocenters. The van der Waals surface area contributed by atoms with Gasteiger partial charge in [-0.25, -0.2) is 0 Å². The van der Waals surface area contributed by atoms with Gasteiger partial charge in [-0.2, -0.15) is 0 Å². The number of carbonyl (C=O) groups is 1. The molecular formula is C16H13NO3. The standard InChI is InChI=1S/C16H13NO3/c18-14-11-16(20,12-7-3-1-4-8-12)17(15(14)19)13-9-5-2-6-10-13/h1-11,18,20H. The molecule has 1 aliphatic rings. The van der Waals surface area contributed by atoms with Gasteiger partial charge in [0.15, 0.2) is 11.5 Å². The zero-order valence-corrected chi connectivity index (χ0v) is 10.6. The van der Waals surface area contributed by atoms with E-state index in [1.807, 2.05) is 12.1 Å². The number of carbonyl (C=O) groups excluding carboxylic acids is 1. The van der Waals surface area contributed by atoms with Crippen LogP contribution in [0.25, 0.3) is 0 Å². The third-order valence-electron chi connectivity index (χ3n) is 3.31. The van der Waals surface area contributed by atoms with Crippen molar-refractivity contribution in [3.05, 3.63) is 78.1 Å². The van der Waals surface area contributed by atoms with E-state index in [1.165, 1.54) is 4.90 Å². The summed E-state index contributed by atoms with van der Waals surface area (Å²) in [7, 11) is 0. The molecule has 1 aliphatic heterocycles. The van der Waals surface area contributed by atoms with Crippen molar-refractivity contribution in [1.82, 2.24) is 0 Å². The molecule has 4 heteroatoms. The summed E-state index contributed by atoms with van der Waals surface area (Å²) in [6.07, 6.45) is 1.16. The summed E-state index contributed by atoms with van der Waals surface area (Å²) in [4.78, 5) is 13.3. The number of aliphatic hydroxyl groups excluding tert-OH is 1. The molecule has 0 saturated carbocycles. The molecule has 2 N–H and O–H groups in total. The minimum absolute atomic E-state index is 0.458. The molecule has 0 saturated heterocycles. The van der Waals surface area contributed by atoms with Crippen LogP contribution in [0, 0.1) is 0 Å². The van der Waals surface area contributed by atoms with Crippen molar-refractivity contribution in [2.75, 3.05) is 4.90 Å². The van der Waals surface area contributed by atoms with E-state index in [2.05, 4.69) is 0 Å². The van der Waals surface area contributed by atoms with E-state index in [1.54, 1.807) is 48.5 Å². The van der Waals surface area contributed by atoms with Crippen LogP contribution < -0.4 is 4.90 Å². The molecule has 0 aliphatic carbocycles. The number of nitrogens with zero attached hydrogens (tertiary/aromatic N) is 1. The van der Waals surface area contributed by atoms with Crippen LogP contribution in [0.2, 0.25) is 0 Å². The lowest BCUT2D eigenvalue weighted by Crippen LogP contribution is -2.44. The number of rotatable bonds is 2. The average molecular weight is 267 g/mol. The lowest BCUT2D eigenvalue weighted by Gasteiger charge is -2.33. The summed E-state index contributed by atoms with van der Waals surface area (Å²) in [5.74, 6) is -1.08. The van der Waals surface area contributed by atoms with Crippen molar-refractivity contribution < 1.29 is 15.0 Å². The molecule has 1 heterocycles. The first-order valence-corrected chi connectivity index (χ1v) is 6.22. The van der Waals surface area contributed by atoms with Gasteiger partial charge in [-0.1, -0.05) is 48.5 Å². The Hall–Kier alpha value is -2.59. The Balaban J connectivity index is 2.15. The highest BCUT2D eigenvalue weighted by atomic mass is 16.3. The highest BCUT2D eigenvalue weighted by Crippen LogP contribution is 2.38. The van der Waals surface area contributed by atoms with Crippen LogP contribution in [0.5, 0.6) is 0 Å². The Morgan fingerprint density at radius 3 is 2.05 bits per heavy atom. The first kappa shape index (κ1) is 12.4. The highest BCUT2D eigenvalue weighted by Gasteiger charge is 2.46. The maximum Gasteiger partial charge on any atom is 0.295 e. The number of benzene rings is 2. The molecule has 2 aromatic carbocycles. The minimum atomic E-state index is -1.68. The zero-order chi connectivity index (χ0) is 14.2. The Morgan fingerprint density at radius 2 is 1.45 bits per heavy atom. The van der Waals surface area contributed by atoms with Crippen LogP contribution in [0.1, 0.15) is 5.56 Å². The minimum Gasteiger partial charge on any atom is -0.503 e. The maximum atomic E-state index is 12.1. The van der Waals surface area contributed by atoms with Gasteiger partial charge < -0.3 is 10.2 Å². The molecule has 20 heavy (non-hydrogen) atoms. The summed E-state index contributed by atoms with van der Waals surface area (Å²) in [5, 5.41) is 20.6. The van der Waals surface area contributed by atoms with E-state index < -0.39 is 17.4 Å². The lowest BCUT2D eigenvalue weighted by atomic mass is 10.0. The van der Waals surface area contributed by atoms with Crippen LogP contribution in [0.15, 0.2) is 72.5 Å². The van der Waals surface area contributed by atoms with Gasteiger partial charge in [0.25, 0.3) is 5.91 Å². The second-order valence-electron chi connectivity index (χ2n) is 4.60. The van der Waals surface area contributed by atoms with Crippen LogP contribution in [0.4, 0.5) is 5.69 Å². The average Bonchev–Trinajstić information content (AvgIpc) is 2.72. The molecule has 4 nitrogen and oxygen atoms in total. The van der Waals surface area contributed by atoms with Gasteiger partial charge in [0.05, 0.1) is 0 Å². The fraction of sp³-hybridized carbons (Fsp3) is 0.0625. The smallest absolute Gasteiger partial charge is 0.295 e. The monoisotopic (exact) mass is 267 g/mol. The Kier molecular flexibility index (Phi) is 2.80. The maximum absolute atomic E-state index is 12.1. The van der Waals surface area contributed by atoms with Crippen molar-refractivity contribution in [3.63, 3.8) is 0 Å². The van der Waals surface area contributed by atoms with Gasteiger partial charge in [-0.15, -0.1) is 0 Å². The van der Waals surface area contributed by atoms with Crippen LogP contribution in [-0.4, -0.2) is 16.1 Å². The van der Waals surface area contributed by atoms with Crippen molar-refractivity contribution in [2.24, 2.45) is 0 Å². The summed E-state index contributed by atoms with van der Waals surface area (Å²) in [6.45, 7) is 0. The molecule has 3 rings (SSSR count). The molecule has 0 aromatic heterocycles. The van der Waals surface area contributed by atoms with Gasteiger partial charge in [-0.05, 0) is 12.1 Å². The topological polar surface area (TPSA) is 60.8 Å². The van der Waals surface area contributed by atoms with Crippen molar-refractivity contribution >= 4 is 11.6 Å². The van der Waals surface area contributed by atoms with Crippen molar-refractivity contribution in [3.8, 4) is 0 Å². The lowest BCUT2D eigenvalue weighted by molar-refractivity contribution is -0.119. The number of para-hydroxylation sites is 1. The summed E-state index contributed by atoms with van der Waals surface area (Å²) < 4.78 is 0. The number of anilines is 1. The summed E-state index contributed by atoms with van der Waals surface area (Å²) in [5.41, 5.74) is -0.644. The van der Waals surface area contributed by atoms with Crippen molar-refractivity contribution in [1.29, 1.82) is 0 Å². The molecule has 2 aromatic rings. The number of hydrogen-bond acceptors (Lipinski definition) is 3. The van der Waals surface area contributed by atoms with Crippen LogP contribution in [0.3, 0.4) is 0 Å². The summed E-state index contributed by atoms with van der Waals surface area (Å²) in [6, 6.07) is 17.5. The second kappa shape index (κ2) is 4.51. The Labute approximate surface area is 116 Å². The highest BCUT2D eigenvalue weighted by molar-refractivity contribution is 6.08. The van der Waals surface area contributed by atoms with Gasteiger partial charge in [0, 0.05) is 17.3 Å². The molecule has 0 fully saturated rings. The van der Waals surface area contributed by atoms with Gasteiger partial charge >= 0.3 is 0 Å². The van der Waals surface area contributed by atoms with Crippen LogP contribution in [-0.2, 0) is 10.5 Å². The van der Waals surface area contributed by atoms with Crippen LogP contribution >= 0.6 is 0 Å². The van der Waals surface area contributed by atoms with Gasteiger partial charge in [0.2, 0.25) is 0 Å². The third-order valence-corrected chi connectivity index (χ3v) is 3.31. The molecule has 0 bridgehead atoms. The number of hydrogen-bond donors (Lipinski definition) is 2. The van der Waals surface area contributed by atoms with E-state index in [0.717, 1.165) is 6.08 Å². The van der Waals surface area contributed by atoms with E-state index in [0.29, 0.717) is 11.3 Å². The third kappa shape index (κ3) is 1.78. The molecule has 0 spiro atoms. The Morgan fingerprint density at radius 1 is 0.900 bits per heavy atom. The number of amides is 1. The zero-order valence-electron chi connectivity index (χ0n) is 10.6. The van der Waals surface area contributed by atoms with Gasteiger partial charge in [-0.3, -0.25) is 9.69 Å². The van der Waals surface area contributed by atoms with Gasteiger partial charge in [0.1, 0.15) is 0 Å². The predicted octanol–water partition coefficient (Wildman–Crippen LogP) is 2.32. The van der Waals surface area contributed by atoms with E-state index in [4.69, 9.17) is 0 Å². The summed E-state index contributed by atoms with van der Waals surface area (Å²) >= 11 is 0. The van der Waals surface area contributed by atoms with E-state index in [-0.39, 0.29) is 0 Å². The van der Waals surface area contributed by atoms with E-state index in [9.17, 15) is 15.0 Å². The fourth-order valence-corrected chi connectivity index (χ4v) is 2.37. The first-order valence-electron chi connectivity index (χ1n) is 6.22. The molecule has 0 radical (unpaired) electrons. The van der Waals surface area contributed by atoms with Crippen molar-refractivity contribution in [2.45, 2.75) is 5.72 Å². The normalized spacial score (nSPS) is 21.9. The molecule has 100 valence electrons.